The first-order chi connectivity index (χ1) is 7.69. The second kappa shape index (κ2) is 6.34. The molecule has 0 unspecified atom stereocenters. The highest BCUT2D eigenvalue weighted by molar-refractivity contribution is 7.91. The Morgan fingerprint density at radius 3 is 2.33 bits per heavy atom. The van der Waals surface area contributed by atoms with Gasteiger partial charge in [-0.15, -0.1) is 23.7 Å². The number of thiophene rings is 1. The van der Waals surface area contributed by atoms with Crippen molar-refractivity contribution in [2.45, 2.75) is 25.0 Å². The van der Waals surface area contributed by atoms with Crippen LogP contribution in [0.5, 0.6) is 0 Å². The van der Waals surface area contributed by atoms with Gasteiger partial charge in [0.2, 0.25) is 0 Å². The van der Waals surface area contributed by atoms with Crippen LogP contribution in [0.15, 0.2) is 16.3 Å². The minimum absolute atomic E-state index is 0. The summed E-state index contributed by atoms with van der Waals surface area (Å²) in [7, 11) is -1.77. The van der Waals surface area contributed by atoms with Gasteiger partial charge in [-0.25, -0.2) is 8.42 Å². The largest absolute Gasteiger partial charge is 0.330 e. The van der Waals surface area contributed by atoms with Gasteiger partial charge in [-0.1, -0.05) is 13.8 Å². The number of rotatable bonds is 5. The second-order valence-electron chi connectivity index (χ2n) is 4.99. The third-order valence-electron chi connectivity index (χ3n) is 2.58. The minimum Gasteiger partial charge on any atom is -0.330 e. The van der Waals surface area contributed by atoms with Gasteiger partial charge < -0.3 is 5.73 Å². The summed E-state index contributed by atoms with van der Waals surface area (Å²) < 4.78 is 26.2. The summed E-state index contributed by atoms with van der Waals surface area (Å²) in [6.45, 7) is 6.68. The Hall–Kier alpha value is -0.140. The molecule has 0 spiro atoms. The monoisotopic (exact) mass is 312 g/mol. The number of sulfonamides is 1. The zero-order chi connectivity index (χ0) is 13.3. The number of nitrogens with two attached hydrogens (primary N) is 1. The van der Waals surface area contributed by atoms with E-state index in [0.717, 1.165) is 4.88 Å². The molecule has 0 radical (unpaired) electrons. The molecule has 0 fully saturated rings. The van der Waals surface area contributed by atoms with Gasteiger partial charge in [0.1, 0.15) is 4.21 Å². The first-order valence-corrected chi connectivity index (χ1v) is 7.67. The van der Waals surface area contributed by atoms with Crippen molar-refractivity contribution in [2.24, 2.45) is 11.1 Å². The predicted molar refractivity (Wildman–Crippen MR) is 79.0 cm³/mol. The van der Waals surface area contributed by atoms with E-state index in [-0.39, 0.29) is 17.8 Å². The van der Waals surface area contributed by atoms with Crippen LogP contribution in [0.1, 0.15) is 18.7 Å². The third-order valence-corrected chi connectivity index (χ3v) is 5.86. The number of aryl methyl sites for hydroxylation is 1. The molecular weight excluding hydrogens is 292 g/mol. The highest BCUT2D eigenvalue weighted by atomic mass is 35.5. The Kier molecular flexibility index (Phi) is 6.29. The molecule has 0 atom stereocenters. The molecule has 1 rings (SSSR count). The van der Waals surface area contributed by atoms with Crippen molar-refractivity contribution in [3.8, 4) is 0 Å². The first kappa shape index (κ1) is 17.9. The fraction of sp³-hybridized carbons (Fsp3) is 0.636. The van der Waals surface area contributed by atoms with Crippen molar-refractivity contribution in [1.29, 1.82) is 0 Å². The van der Waals surface area contributed by atoms with E-state index in [0.29, 0.717) is 17.3 Å². The van der Waals surface area contributed by atoms with Gasteiger partial charge in [-0.2, -0.15) is 4.31 Å². The molecule has 1 heterocycles. The van der Waals surface area contributed by atoms with E-state index in [1.807, 2.05) is 26.8 Å². The van der Waals surface area contributed by atoms with Gasteiger partial charge >= 0.3 is 0 Å². The number of nitrogens with zero attached hydrogens (tertiary/aromatic N) is 1. The van der Waals surface area contributed by atoms with Crippen LogP contribution in [0.4, 0.5) is 0 Å². The summed E-state index contributed by atoms with van der Waals surface area (Å²) in [5.74, 6) is 0. The summed E-state index contributed by atoms with van der Waals surface area (Å²) in [5.41, 5.74) is 5.41. The molecular formula is C11H21ClN2O2S2. The van der Waals surface area contributed by atoms with Gasteiger partial charge in [-0.05, 0) is 31.0 Å². The van der Waals surface area contributed by atoms with E-state index >= 15 is 0 Å². The molecule has 0 aliphatic rings. The Labute approximate surface area is 120 Å². The van der Waals surface area contributed by atoms with Crippen molar-refractivity contribution in [3.63, 3.8) is 0 Å². The van der Waals surface area contributed by atoms with E-state index in [4.69, 9.17) is 5.73 Å². The van der Waals surface area contributed by atoms with E-state index in [1.54, 1.807) is 13.1 Å². The quantitative estimate of drug-likeness (QED) is 0.905. The van der Waals surface area contributed by atoms with Crippen LogP contribution < -0.4 is 5.73 Å². The molecule has 0 bridgehead atoms. The second-order valence-corrected chi connectivity index (χ2v) is 8.55. The van der Waals surface area contributed by atoms with Crippen molar-refractivity contribution in [2.75, 3.05) is 20.1 Å². The smallest absolute Gasteiger partial charge is 0.252 e. The molecule has 0 amide bonds. The molecule has 0 aliphatic carbocycles. The van der Waals surface area contributed by atoms with Crippen molar-refractivity contribution in [1.82, 2.24) is 4.31 Å². The van der Waals surface area contributed by atoms with Gasteiger partial charge in [-0.3, -0.25) is 0 Å². The standard InChI is InChI=1S/C11H20N2O2S2.ClH/c1-9-5-6-10(16-9)17(14,15)13(4)8-11(2,3)7-12;/h5-6H,7-8,12H2,1-4H3;1H. The average Bonchev–Trinajstić information content (AvgIpc) is 2.64. The molecule has 1 aromatic heterocycles. The van der Waals surface area contributed by atoms with Gasteiger partial charge in [0.05, 0.1) is 0 Å². The van der Waals surface area contributed by atoms with Crippen molar-refractivity contribution in [3.05, 3.63) is 17.0 Å². The minimum atomic E-state index is -3.37. The molecule has 0 aromatic carbocycles. The highest BCUT2D eigenvalue weighted by Crippen LogP contribution is 2.25. The predicted octanol–water partition coefficient (Wildman–Crippen LogP) is 2.08. The number of hydrogen-bond acceptors (Lipinski definition) is 4. The fourth-order valence-electron chi connectivity index (χ4n) is 1.46. The van der Waals surface area contributed by atoms with E-state index in [1.165, 1.54) is 15.6 Å². The SMILES string of the molecule is Cc1ccc(S(=O)(=O)N(C)CC(C)(C)CN)s1.Cl. The normalized spacial score (nSPS) is 12.6. The summed E-state index contributed by atoms with van der Waals surface area (Å²) in [4.78, 5) is 0.995. The Morgan fingerprint density at radius 1 is 1.39 bits per heavy atom. The number of halogens is 1. The van der Waals surface area contributed by atoms with Gasteiger partial charge in [0, 0.05) is 18.5 Å². The van der Waals surface area contributed by atoms with Gasteiger partial charge in [0.25, 0.3) is 10.0 Å². The fourth-order valence-corrected chi connectivity index (χ4v) is 4.31. The summed E-state index contributed by atoms with van der Waals surface area (Å²) in [5, 5.41) is 0. The highest BCUT2D eigenvalue weighted by Gasteiger charge is 2.27. The third kappa shape index (κ3) is 4.20. The van der Waals surface area contributed by atoms with Crippen LogP contribution in [0.3, 0.4) is 0 Å². The summed E-state index contributed by atoms with van der Waals surface area (Å²) in [6, 6.07) is 3.47. The molecule has 0 aliphatic heterocycles. The molecule has 18 heavy (non-hydrogen) atoms. The maximum Gasteiger partial charge on any atom is 0.252 e. The lowest BCUT2D eigenvalue weighted by atomic mass is 9.94. The molecule has 2 N–H and O–H groups in total. The lowest BCUT2D eigenvalue weighted by Gasteiger charge is -2.28. The Bertz CT molecular complexity index is 483. The lowest BCUT2D eigenvalue weighted by molar-refractivity contribution is 0.292. The van der Waals surface area contributed by atoms with E-state index in [9.17, 15) is 8.42 Å². The van der Waals surface area contributed by atoms with Crippen LogP contribution in [-0.4, -0.2) is 32.9 Å². The van der Waals surface area contributed by atoms with Crippen molar-refractivity contribution >= 4 is 33.8 Å². The average molecular weight is 313 g/mol. The Morgan fingerprint density at radius 2 is 1.94 bits per heavy atom. The van der Waals surface area contributed by atoms with E-state index < -0.39 is 10.0 Å². The van der Waals surface area contributed by atoms with Crippen LogP contribution in [0.25, 0.3) is 0 Å². The molecule has 0 saturated carbocycles. The summed E-state index contributed by atoms with van der Waals surface area (Å²) >= 11 is 1.30. The molecule has 0 saturated heterocycles. The maximum atomic E-state index is 12.2. The Balaban J connectivity index is 0.00000289. The van der Waals surface area contributed by atoms with Gasteiger partial charge in [0.15, 0.2) is 0 Å². The molecule has 4 nitrogen and oxygen atoms in total. The van der Waals surface area contributed by atoms with Crippen molar-refractivity contribution < 1.29 is 8.42 Å². The first-order valence-electron chi connectivity index (χ1n) is 5.42. The zero-order valence-electron chi connectivity index (χ0n) is 11.1. The topological polar surface area (TPSA) is 63.4 Å². The summed E-state index contributed by atoms with van der Waals surface area (Å²) in [6.07, 6.45) is 0. The van der Waals surface area contributed by atoms with Crippen LogP contribution in [-0.2, 0) is 10.0 Å². The van der Waals surface area contributed by atoms with Crippen LogP contribution in [0.2, 0.25) is 0 Å². The molecule has 1 aromatic rings. The maximum absolute atomic E-state index is 12.2. The van der Waals surface area contributed by atoms with Crippen LogP contribution >= 0.6 is 23.7 Å². The lowest BCUT2D eigenvalue weighted by Crippen LogP contribution is -2.39. The molecule has 7 heteroatoms. The molecule has 106 valence electrons. The number of hydrogen-bond donors (Lipinski definition) is 1. The van der Waals surface area contributed by atoms with Crippen LogP contribution in [0, 0.1) is 12.3 Å². The van der Waals surface area contributed by atoms with E-state index in [2.05, 4.69) is 0 Å². The zero-order valence-corrected chi connectivity index (χ0v) is 13.6.